The van der Waals surface area contributed by atoms with Gasteiger partial charge in [-0.2, -0.15) is 0 Å². The Labute approximate surface area is 204 Å². The number of amides is 4. The van der Waals surface area contributed by atoms with Crippen molar-refractivity contribution in [3.8, 4) is 11.5 Å². The van der Waals surface area contributed by atoms with Gasteiger partial charge in [0.15, 0.2) is 0 Å². The van der Waals surface area contributed by atoms with Crippen LogP contribution in [0.1, 0.15) is 22.3 Å². The highest BCUT2D eigenvalue weighted by molar-refractivity contribution is 9.10. The van der Waals surface area contributed by atoms with Crippen molar-refractivity contribution in [3.63, 3.8) is 0 Å². The molecule has 0 atom stereocenters. The van der Waals surface area contributed by atoms with Crippen molar-refractivity contribution >= 4 is 45.5 Å². The van der Waals surface area contributed by atoms with Crippen molar-refractivity contribution in [2.45, 2.75) is 20.5 Å². The first-order chi connectivity index (χ1) is 16.2. The number of phenols is 1. The third kappa shape index (κ3) is 4.87. The molecule has 0 saturated carbocycles. The van der Waals surface area contributed by atoms with E-state index in [0.29, 0.717) is 22.4 Å². The van der Waals surface area contributed by atoms with E-state index in [1.807, 2.05) is 6.07 Å². The molecule has 1 aliphatic heterocycles. The number of phenolic OH excluding ortho intramolecular Hbond substituents is 1. The Morgan fingerprint density at radius 3 is 2.38 bits per heavy atom. The lowest BCUT2D eigenvalue weighted by atomic mass is 10.1. The van der Waals surface area contributed by atoms with E-state index in [9.17, 15) is 19.5 Å². The van der Waals surface area contributed by atoms with Crippen LogP contribution < -0.4 is 15.0 Å². The van der Waals surface area contributed by atoms with E-state index in [2.05, 4.69) is 47.2 Å². The van der Waals surface area contributed by atoms with E-state index in [0.717, 1.165) is 10.5 Å². The molecule has 4 amide bonds. The van der Waals surface area contributed by atoms with Crippen molar-refractivity contribution in [2.75, 3.05) is 4.90 Å². The molecule has 0 aliphatic carbocycles. The summed E-state index contributed by atoms with van der Waals surface area (Å²) in [6, 6.07) is 16.0. The molecule has 1 heterocycles. The molecule has 1 aliphatic rings. The maximum atomic E-state index is 13.0. The Kier molecular flexibility index (Phi) is 6.51. The first-order valence-electron chi connectivity index (χ1n) is 10.4. The highest BCUT2D eigenvalue weighted by Crippen LogP contribution is 2.29. The van der Waals surface area contributed by atoms with Gasteiger partial charge in [-0.25, -0.2) is 9.69 Å². The van der Waals surface area contributed by atoms with Gasteiger partial charge in [-0.3, -0.25) is 14.9 Å². The number of hydrogen-bond donors (Lipinski definition) is 2. The number of rotatable bonds is 5. The molecular formula is C26H21BrN2O5. The fourth-order valence-electron chi connectivity index (χ4n) is 3.44. The standard InChI is InChI=1S/C26H21BrN2O5/c1-15-3-4-18(11-16(15)2)14-34-23-10-5-17(13-22(23)27)12-21-24(31)28-26(33)29(25(21)32)19-6-8-20(30)9-7-19/h3-13,30H,14H2,1-2H3,(H,28,31,33)/b21-12+. The summed E-state index contributed by atoms with van der Waals surface area (Å²) in [4.78, 5) is 38.5. The lowest BCUT2D eigenvalue weighted by molar-refractivity contribution is -0.122. The van der Waals surface area contributed by atoms with Crippen molar-refractivity contribution in [1.29, 1.82) is 0 Å². The summed E-state index contributed by atoms with van der Waals surface area (Å²) in [5.41, 5.74) is 4.07. The topological polar surface area (TPSA) is 95.9 Å². The molecule has 8 heteroatoms. The smallest absolute Gasteiger partial charge is 0.335 e. The number of barbiturate groups is 1. The van der Waals surface area contributed by atoms with Crippen LogP contribution in [0.5, 0.6) is 11.5 Å². The lowest BCUT2D eigenvalue weighted by Crippen LogP contribution is -2.54. The van der Waals surface area contributed by atoms with Crippen LogP contribution in [-0.2, 0) is 16.2 Å². The minimum atomic E-state index is -0.853. The van der Waals surface area contributed by atoms with Gasteiger partial charge >= 0.3 is 6.03 Å². The normalized spacial score (nSPS) is 15.0. The van der Waals surface area contributed by atoms with Gasteiger partial charge in [0, 0.05) is 0 Å². The van der Waals surface area contributed by atoms with E-state index < -0.39 is 17.8 Å². The van der Waals surface area contributed by atoms with Gasteiger partial charge in [0.2, 0.25) is 0 Å². The van der Waals surface area contributed by atoms with Crippen LogP contribution in [0.3, 0.4) is 0 Å². The van der Waals surface area contributed by atoms with Gasteiger partial charge in [0.1, 0.15) is 23.7 Å². The van der Waals surface area contributed by atoms with Crippen LogP contribution >= 0.6 is 15.9 Å². The first-order valence-corrected chi connectivity index (χ1v) is 11.2. The summed E-state index contributed by atoms with van der Waals surface area (Å²) < 4.78 is 6.57. The van der Waals surface area contributed by atoms with Gasteiger partial charge in [-0.1, -0.05) is 24.3 Å². The van der Waals surface area contributed by atoms with E-state index >= 15 is 0 Å². The molecule has 0 aromatic heterocycles. The summed E-state index contributed by atoms with van der Waals surface area (Å²) in [5.74, 6) is -0.937. The largest absolute Gasteiger partial charge is 0.508 e. The number of ether oxygens (including phenoxy) is 1. The van der Waals surface area contributed by atoms with Gasteiger partial charge in [-0.05, 0) is 94.5 Å². The molecule has 1 fully saturated rings. The van der Waals surface area contributed by atoms with Gasteiger partial charge in [0.05, 0.1) is 10.2 Å². The van der Waals surface area contributed by atoms with Gasteiger partial charge < -0.3 is 9.84 Å². The van der Waals surface area contributed by atoms with Crippen LogP contribution in [0.15, 0.2) is 70.7 Å². The second-order valence-electron chi connectivity index (χ2n) is 7.87. The van der Waals surface area contributed by atoms with E-state index in [1.165, 1.54) is 41.5 Å². The minimum Gasteiger partial charge on any atom is -0.508 e. The SMILES string of the molecule is Cc1ccc(COc2ccc(/C=C3\C(=O)NC(=O)N(c4ccc(O)cc4)C3=O)cc2Br)cc1C. The second kappa shape index (κ2) is 9.52. The molecule has 172 valence electrons. The van der Waals surface area contributed by atoms with Crippen LogP contribution in [0.2, 0.25) is 0 Å². The minimum absolute atomic E-state index is 0.00914. The van der Waals surface area contributed by atoms with Gasteiger partial charge in [-0.15, -0.1) is 0 Å². The summed E-state index contributed by atoms with van der Waals surface area (Å²) in [7, 11) is 0. The number of imide groups is 2. The molecule has 0 bridgehead atoms. The highest BCUT2D eigenvalue weighted by atomic mass is 79.9. The number of aryl methyl sites for hydroxylation is 2. The molecule has 7 nitrogen and oxygen atoms in total. The third-order valence-electron chi connectivity index (χ3n) is 5.44. The lowest BCUT2D eigenvalue weighted by Gasteiger charge is -2.26. The van der Waals surface area contributed by atoms with Crippen molar-refractivity contribution in [2.24, 2.45) is 0 Å². The Balaban J connectivity index is 1.55. The first kappa shape index (κ1) is 23.3. The Bertz CT molecular complexity index is 1330. The molecule has 0 spiro atoms. The second-order valence-corrected chi connectivity index (χ2v) is 8.73. The molecule has 2 N–H and O–H groups in total. The quantitative estimate of drug-likeness (QED) is 0.363. The zero-order chi connectivity index (χ0) is 24.4. The molecular weight excluding hydrogens is 500 g/mol. The molecule has 3 aromatic carbocycles. The molecule has 1 saturated heterocycles. The molecule has 0 radical (unpaired) electrons. The van der Waals surface area contributed by atoms with E-state index in [1.54, 1.807) is 18.2 Å². The number of nitrogens with zero attached hydrogens (tertiary/aromatic N) is 1. The average Bonchev–Trinajstić information content (AvgIpc) is 2.79. The number of nitrogens with one attached hydrogen (secondary N) is 1. The maximum absolute atomic E-state index is 13.0. The van der Waals surface area contributed by atoms with E-state index in [4.69, 9.17) is 4.74 Å². The monoisotopic (exact) mass is 520 g/mol. The Morgan fingerprint density at radius 2 is 1.71 bits per heavy atom. The van der Waals surface area contributed by atoms with Crippen molar-refractivity contribution in [3.05, 3.63) is 93.0 Å². The molecule has 3 aromatic rings. The Hall–Kier alpha value is -3.91. The summed E-state index contributed by atoms with van der Waals surface area (Å²) in [6.45, 7) is 4.50. The Morgan fingerprint density at radius 1 is 0.971 bits per heavy atom. The maximum Gasteiger partial charge on any atom is 0.335 e. The van der Waals surface area contributed by atoms with Gasteiger partial charge in [0.25, 0.3) is 11.8 Å². The highest BCUT2D eigenvalue weighted by Gasteiger charge is 2.36. The average molecular weight is 521 g/mol. The van der Waals surface area contributed by atoms with Crippen molar-refractivity contribution in [1.82, 2.24) is 5.32 Å². The number of aromatic hydroxyl groups is 1. The predicted molar refractivity (Wildman–Crippen MR) is 131 cm³/mol. The molecule has 4 rings (SSSR count). The van der Waals surface area contributed by atoms with Crippen LogP contribution in [0, 0.1) is 13.8 Å². The van der Waals surface area contributed by atoms with Crippen molar-refractivity contribution < 1.29 is 24.2 Å². The predicted octanol–water partition coefficient (Wildman–Crippen LogP) is 5.02. The fraction of sp³-hybridized carbons (Fsp3) is 0.115. The number of hydrogen-bond acceptors (Lipinski definition) is 5. The zero-order valence-corrected chi connectivity index (χ0v) is 20.0. The van der Waals surface area contributed by atoms with E-state index in [-0.39, 0.29) is 17.0 Å². The molecule has 0 unspecified atom stereocenters. The summed E-state index contributed by atoms with van der Waals surface area (Å²) in [6.07, 6.45) is 1.41. The van der Waals surface area contributed by atoms with Crippen LogP contribution in [0.25, 0.3) is 6.08 Å². The third-order valence-corrected chi connectivity index (χ3v) is 6.06. The van der Waals surface area contributed by atoms with Crippen LogP contribution in [-0.4, -0.2) is 23.0 Å². The number of halogens is 1. The van der Waals surface area contributed by atoms with Crippen LogP contribution in [0.4, 0.5) is 10.5 Å². The summed E-state index contributed by atoms with van der Waals surface area (Å²) >= 11 is 3.48. The number of benzene rings is 3. The zero-order valence-electron chi connectivity index (χ0n) is 18.5. The number of carbonyl (C=O) groups excluding carboxylic acids is 3. The summed E-state index contributed by atoms with van der Waals surface area (Å²) in [5, 5.41) is 11.6. The number of urea groups is 1. The fourth-order valence-corrected chi connectivity index (χ4v) is 3.95. The number of anilines is 1. The number of carbonyl (C=O) groups is 3. The molecule has 34 heavy (non-hydrogen) atoms.